The minimum Gasteiger partial charge on any atom is -0.494 e. The molecular weight excluding hydrogens is 297 g/mol. The van der Waals surface area contributed by atoms with Gasteiger partial charge in [0.1, 0.15) is 11.6 Å². The van der Waals surface area contributed by atoms with Crippen molar-refractivity contribution in [2.24, 2.45) is 0 Å². The molecule has 0 amide bonds. The van der Waals surface area contributed by atoms with Crippen LogP contribution in [0.2, 0.25) is 0 Å². The van der Waals surface area contributed by atoms with Gasteiger partial charge < -0.3 is 14.5 Å². The van der Waals surface area contributed by atoms with Crippen LogP contribution in [0.5, 0.6) is 5.75 Å². The Balaban J connectivity index is 1.61. The number of ether oxygens (including phenoxy) is 1. The van der Waals surface area contributed by atoms with E-state index in [1.165, 1.54) is 12.1 Å². The van der Waals surface area contributed by atoms with Crippen molar-refractivity contribution < 1.29 is 13.5 Å². The summed E-state index contributed by atoms with van der Waals surface area (Å²) < 4.78 is 23.9. The van der Waals surface area contributed by atoms with Gasteiger partial charge in [0.2, 0.25) is 11.8 Å². The largest absolute Gasteiger partial charge is 0.494 e. The van der Waals surface area contributed by atoms with Crippen molar-refractivity contribution >= 4 is 5.69 Å². The summed E-state index contributed by atoms with van der Waals surface area (Å²) in [4.78, 5) is 0. The van der Waals surface area contributed by atoms with E-state index in [1.807, 2.05) is 31.2 Å². The Morgan fingerprint density at radius 1 is 1.04 bits per heavy atom. The zero-order chi connectivity index (χ0) is 16.1. The average molecular weight is 313 g/mol. The monoisotopic (exact) mass is 313 g/mol. The Labute approximate surface area is 133 Å². The molecule has 0 atom stereocenters. The van der Waals surface area contributed by atoms with Gasteiger partial charge >= 0.3 is 0 Å². The van der Waals surface area contributed by atoms with E-state index >= 15 is 0 Å². The lowest BCUT2D eigenvalue weighted by Crippen LogP contribution is -1.99. The van der Waals surface area contributed by atoms with Crippen molar-refractivity contribution in [2.45, 2.75) is 13.5 Å². The van der Waals surface area contributed by atoms with Crippen LogP contribution in [-0.2, 0) is 6.54 Å². The first-order valence-electron chi connectivity index (χ1n) is 7.29. The van der Waals surface area contributed by atoms with Crippen LogP contribution in [0.3, 0.4) is 0 Å². The molecule has 0 aliphatic carbocycles. The van der Waals surface area contributed by atoms with E-state index in [9.17, 15) is 4.39 Å². The number of rotatable bonds is 6. The molecule has 23 heavy (non-hydrogen) atoms. The van der Waals surface area contributed by atoms with Gasteiger partial charge in [-0.1, -0.05) is 0 Å². The lowest BCUT2D eigenvalue weighted by molar-refractivity contribution is 0.340. The smallest absolute Gasteiger partial charge is 0.247 e. The van der Waals surface area contributed by atoms with Crippen molar-refractivity contribution in [3.05, 3.63) is 60.2 Å². The molecule has 0 aliphatic rings. The third-order valence-electron chi connectivity index (χ3n) is 3.17. The molecule has 1 heterocycles. The summed E-state index contributed by atoms with van der Waals surface area (Å²) in [7, 11) is 0. The molecule has 0 spiro atoms. The van der Waals surface area contributed by atoms with Gasteiger partial charge in [-0.3, -0.25) is 0 Å². The summed E-state index contributed by atoms with van der Waals surface area (Å²) in [5, 5.41) is 11.1. The normalized spacial score (nSPS) is 10.5. The minimum absolute atomic E-state index is 0.300. The zero-order valence-electron chi connectivity index (χ0n) is 12.6. The molecule has 5 nitrogen and oxygen atoms in total. The van der Waals surface area contributed by atoms with Gasteiger partial charge in [-0.05, 0) is 55.5 Å². The molecule has 3 aromatic rings. The van der Waals surface area contributed by atoms with E-state index < -0.39 is 0 Å². The number of aromatic nitrogens is 2. The summed E-state index contributed by atoms with van der Waals surface area (Å²) in [6.45, 7) is 2.99. The molecule has 0 bridgehead atoms. The molecule has 1 aromatic heterocycles. The van der Waals surface area contributed by atoms with Crippen LogP contribution >= 0.6 is 0 Å². The molecule has 6 heteroatoms. The van der Waals surface area contributed by atoms with Crippen molar-refractivity contribution in [2.75, 3.05) is 11.9 Å². The lowest BCUT2D eigenvalue weighted by Gasteiger charge is -2.06. The first-order chi connectivity index (χ1) is 11.2. The predicted octanol–water partition coefficient (Wildman–Crippen LogP) is 3.89. The van der Waals surface area contributed by atoms with E-state index in [4.69, 9.17) is 9.15 Å². The second-order valence-electron chi connectivity index (χ2n) is 4.82. The summed E-state index contributed by atoms with van der Waals surface area (Å²) in [6, 6.07) is 13.5. The number of nitrogens with one attached hydrogen (secondary N) is 1. The maximum Gasteiger partial charge on any atom is 0.247 e. The Hall–Kier alpha value is -2.89. The maximum atomic E-state index is 12.9. The molecule has 0 unspecified atom stereocenters. The quantitative estimate of drug-likeness (QED) is 0.748. The standard InChI is InChI=1S/C17H16FN3O2/c1-2-22-15-9-7-14(8-10-15)19-11-16-20-21-17(23-16)12-3-5-13(18)6-4-12/h3-10,19H,2,11H2,1H3. The highest BCUT2D eigenvalue weighted by Gasteiger charge is 2.08. The topological polar surface area (TPSA) is 60.2 Å². The Bertz CT molecular complexity index is 754. The fraction of sp³-hybridized carbons (Fsp3) is 0.176. The third kappa shape index (κ3) is 3.85. The van der Waals surface area contributed by atoms with Crippen molar-refractivity contribution in [1.29, 1.82) is 0 Å². The molecule has 3 rings (SSSR count). The maximum absolute atomic E-state index is 12.9. The van der Waals surface area contributed by atoms with Gasteiger partial charge in [0.25, 0.3) is 0 Å². The van der Waals surface area contributed by atoms with Gasteiger partial charge in [-0.2, -0.15) is 0 Å². The van der Waals surface area contributed by atoms with Crippen LogP contribution < -0.4 is 10.1 Å². The van der Waals surface area contributed by atoms with Crippen molar-refractivity contribution in [3.63, 3.8) is 0 Å². The molecule has 1 N–H and O–H groups in total. The fourth-order valence-corrected chi connectivity index (χ4v) is 2.05. The molecule has 0 saturated carbocycles. The number of hydrogen-bond donors (Lipinski definition) is 1. The van der Waals surface area contributed by atoms with Crippen molar-refractivity contribution in [1.82, 2.24) is 10.2 Å². The minimum atomic E-state index is -0.300. The van der Waals surface area contributed by atoms with E-state index in [2.05, 4.69) is 15.5 Å². The van der Waals surface area contributed by atoms with Crippen LogP contribution in [0.4, 0.5) is 10.1 Å². The van der Waals surface area contributed by atoms with Gasteiger partial charge in [0.15, 0.2) is 0 Å². The number of halogens is 1. The van der Waals surface area contributed by atoms with Crippen LogP contribution in [0.15, 0.2) is 52.9 Å². The van der Waals surface area contributed by atoms with Crippen LogP contribution in [0.25, 0.3) is 11.5 Å². The zero-order valence-corrected chi connectivity index (χ0v) is 12.6. The third-order valence-corrected chi connectivity index (χ3v) is 3.17. The summed E-state index contributed by atoms with van der Waals surface area (Å²) in [5.74, 6) is 1.35. The molecule has 2 aromatic carbocycles. The van der Waals surface area contributed by atoms with Crippen LogP contribution in [-0.4, -0.2) is 16.8 Å². The van der Waals surface area contributed by atoms with Gasteiger partial charge in [0, 0.05) is 11.3 Å². The second-order valence-corrected chi connectivity index (χ2v) is 4.82. The van der Waals surface area contributed by atoms with Gasteiger partial charge in [-0.15, -0.1) is 10.2 Å². The highest BCUT2D eigenvalue weighted by molar-refractivity contribution is 5.52. The number of nitrogens with zero attached hydrogens (tertiary/aromatic N) is 2. The molecule has 118 valence electrons. The first-order valence-corrected chi connectivity index (χ1v) is 7.29. The van der Waals surface area contributed by atoms with E-state index in [0.29, 0.717) is 30.5 Å². The Morgan fingerprint density at radius 2 is 1.78 bits per heavy atom. The van der Waals surface area contributed by atoms with Crippen molar-refractivity contribution in [3.8, 4) is 17.2 Å². The molecule has 0 fully saturated rings. The van der Waals surface area contributed by atoms with E-state index in [1.54, 1.807) is 12.1 Å². The van der Waals surface area contributed by atoms with E-state index in [0.717, 1.165) is 11.4 Å². The summed E-state index contributed by atoms with van der Waals surface area (Å²) in [6.07, 6.45) is 0. The Morgan fingerprint density at radius 3 is 2.48 bits per heavy atom. The summed E-state index contributed by atoms with van der Waals surface area (Å²) >= 11 is 0. The molecule has 0 saturated heterocycles. The van der Waals surface area contributed by atoms with Gasteiger partial charge in [-0.25, -0.2) is 4.39 Å². The highest BCUT2D eigenvalue weighted by atomic mass is 19.1. The lowest BCUT2D eigenvalue weighted by atomic mass is 10.2. The number of anilines is 1. The predicted molar refractivity (Wildman–Crippen MR) is 84.6 cm³/mol. The number of hydrogen-bond acceptors (Lipinski definition) is 5. The number of benzene rings is 2. The second kappa shape index (κ2) is 6.91. The molecule has 0 radical (unpaired) electrons. The highest BCUT2D eigenvalue weighted by Crippen LogP contribution is 2.19. The van der Waals surface area contributed by atoms with Gasteiger partial charge in [0.05, 0.1) is 13.2 Å². The molecule has 0 aliphatic heterocycles. The average Bonchev–Trinajstić information content (AvgIpc) is 3.04. The SMILES string of the molecule is CCOc1ccc(NCc2nnc(-c3ccc(F)cc3)o2)cc1. The Kier molecular flexibility index (Phi) is 4.52. The van der Waals surface area contributed by atoms with E-state index in [-0.39, 0.29) is 5.82 Å². The first kappa shape index (κ1) is 15.0. The molecular formula is C17H16FN3O2. The fourth-order valence-electron chi connectivity index (χ4n) is 2.05. The summed E-state index contributed by atoms with van der Waals surface area (Å²) in [5.41, 5.74) is 1.61. The van der Waals surface area contributed by atoms with Crippen LogP contribution in [0, 0.1) is 5.82 Å². The van der Waals surface area contributed by atoms with Crippen LogP contribution in [0.1, 0.15) is 12.8 Å².